The molecule has 0 bridgehead atoms. The predicted molar refractivity (Wildman–Crippen MR) is 131 cm³/mol. The average Bonchev–Trinajstić information content (AvgIpc) is 2.97. The average molecular weight is 465 g/mol. The topological polar surface area (TPSA) is 92.3 Å². The summed E-state index contributed by atoms with van der Waals surface area (Å²) in [7, 11) is 4.78. The van der Waals surface area contributed by atoms with E-state index in [2.05, 4.69) is 17.6 Å². The number of carbonyl (C=O) groups excluding carboxylic acids is 2. The van der Waals surface area contributed by atoms with E-state index in [1.54, 1.807) is 33.4 Å². The van der Waals surface area contributed by atoms with Crippen LogP contribution in [0.15, 0.2) is 41.5 Å². The van der Waals surface area contributed by atoms with Gasteiger partial charge in [-0.2, -0.15) is 5.10 Å². The number of methoxy groups -OCH3 is 2. The molecule has 0 saturated heterocycles. The zero-order chi connectivity index (χ0) is 24.4. The number of carbonyl (C=O) groups is 2. The molecule has 1 saturated carbocycles. The van der Waals surface area contributed by atoms with Gasteiger partial charge in [-0.1, -0.05) is 19.1 Å². The van der Waals surface area contributed by atoms with Crippen LogP contribution < -0.4 is 20.1 Å². The van der Waals surface area contributed by atoms with Crippen LogP contribution in [0, 0.1) is 5.92 Å². The molecule has 2 aromatic rings. The number of hydrazone groups is 1. The van der Waals surface area contributed by atoms with E-state index in [1.807, 2.05) is 31.2 Å². The Morgan fingerprint density at radius 1 is 1.03 bits per heavy atom. The minimum atomic E-state index is -0.289. The molecule has 2 N–H and O–H groups in total. The summed E-state index contributed by atoms with van der Waals surface area (Å²) < 4.78 is 11.0. The molecule has 1 fully saturated rings. The number of fused-ring (bicyclic) bond motifs is 1. The largest absolute Gasteiger partial charge is 0.493 e. The van der Waals surface area contributed by atoms with Gasteiger partial charge in [0.2, 0.25) is 0 Å². The van der Waals surface area contributed by atoms with E-state index >= 15 is 0 Å². The zero-order valence-corrected chi connectivity index (χ0v) is 20.3. The van der Waals surface area contributed by atoms with Gasteiger partial charge in [-0.25, -0.2) is 9.80 Å². The summed E-state index contributed by atoms with van der Waals surface area (Å²) in [6.45, 7) is 4.15. The lowest BCUT2D eigenvalue weighted by Gasteiger charge is -2.33. The number of ether oxygens (including phenoxy) is 2. The van der Waals surface area contributed by atoms with E-state index in [-0.39, 0.29) is 24.0 Å². The second kappa shape index (κ2) is 9.75. The molecule has 4 rings (SSSR count). The summed E-state index contributed by atoms with van der Waals surface area (Å²) in [5, 5.41) is 12.0. The van der Waals surface area contributed by atoms with Crippen LogP contribution in [-0.2, 0) is 6.42 Å². The number of hydrogen-bond donors (Lipinski definition) is 2. The van der Waals surface area contributed by atoms with E-state index in [1.165, 1.54) is 5.01 Å². The molecule has 1 aliphatic heterocycles. The first kappa shape index (κ1) is 23.6. The summed E-state index contributed by atoms with van der Waals surface area (Å²) in [5.41, 5.74) is 3.88. The van der Waals surface area contributed by atoms with Crippen LogP contribution in [-0.4, -0.2) is 56.0 Å². The Balaban J connectivity index is 1.72. The number of amides is 3. The Morgan fingerprint density at radius 3 is 2.26 bits per heavy atom. The monoisotopic (exact) mass is 464 g/mol. The van der Waals surface area contributed by atoms with Crippen molar-refractivity contribution >= 4 is 17.6 Å². The molecule has 0 radical (unpaired) electrons. The molecule has 1 heterocycles. The van der Waals surface area contributed by atoms with Gasteiger partial charge in [-0.05, 0) is 61.9 Å². The van der Waals surface area contributed by atoms with Gasteiger partial charge in [-0.3, -0.25) is 4.79 Å². The third kappa shape index (κ3) is 4.58. The van der Waals surface area contributed by atoms with Crippen molar-refractivity contribution in [3.63, 3.8) is 0 Å². The van der Waals surface area contributed by atoms with Crippen molar-refractivity contribution in [3.8, 4) is 11.5 Å². The molecule has 180 valence electrons. The highest BCUT2D eigenvalue weighted by atomic mass is 16.5. The van der Waals surface area contributed by atoms with Crippen LogP contribution in [0.4, 0.5) is 4.79 Å². The highest BCUT2D eigenvalue weighted by Gasteiger charge is 2.29. The van der Waals surface area contributed by atoms with Gasteiger partial charge in [0, 0.05) is 29.8 Å². The number of nitrogens with zero attached hydrogens (tertiary/aromatic N) is 2. The van der Waals surface area contributed by atoms with E-state index in [9.17, 15) is 9.59 Å². The minimum Gasteiger partial charge on any atom is -0.493 e. The predicted octanol–water partition coefficient (Wildman–Crippen LogP) is 3.57. The second-order valence-corrected chi connectivity index (χ2v) is 9.09. The second-order valence-electron chi connectivity index (χ2n) is 9.09. The Kier molecular flexibility index (Phi) is 6.77. The Morgan fingerprint density at radius 2 is 1.68 bits per heavy atom. The maximum Gasteiger partial charge on any atom is 0.337 e. The maximum atomic E-state index is 12.6. The SMILES string of the molecule is CNC(=O)N1N=C(c2ccc(C(=O)NC3CC(C)C3)cc2)c2cc(OC)c(OC)cc2CC1C. The Bertz CT molecular complexity index is 1110. The molecule has 2 aliphatic rings. The fourth-order valence-electron chi connectivity index (χ4n) is 4.62. The third-order valence-corrected chi connectivity index (χ3v) is 6.56. The summed E-state index contributed by atoms with van der Waals surface area (Å²) >= 11 is 0. The molecule has 0 aromatic heterocycles. The van der Waals surface area contributed by atoms with Crippen molar-refractivity contribution in [2.45, 2.75) is 45.2 Å². The summed E-state index contributed by atoms with van der Waals surface area (Å²) in [5.74, 6) is 1.81. The van der Waals surface area contributed by atoms with Gasteiger partial charge >= 0.3 is 6.03 Å². The van der Waals surface area contributed by atoms with Crippen molar-refractivity contribution in [1.82, 2.24) is 15.6 Å². The highest BCUT2D eigenvalue weighted by molar-refractivity contribution is 6.15. The first-order chi connectivity index (χ1) is 16.3. The molecular weight excluding hydrogens is 432 g/mol. The van der Waals surface area contributed by atoms with Crippen LogP contribution in [0.2, 0.25) is 0 Å². The molecule has 2 aromatic carbocycles. The van der Waals surface area contributed by atoms with Crippen molar-refractivity contribution in [2.24, 2.45) is 11.0 Å². The molecule has 3 amide bonds. The molecule has 1 unspecified atom stereocenters. The van der Waals surface area contributed by atoms with Crippen LogP contribution in [0.3, 0.4) is 0 Å². The van der Waals surface area contributed by atoms with Gasteiger partial charge in [-0.15, -0.1) is 0 Å². The number of benzene rings is 2. The minimum absolute atomic E-state index is 0.0707. The van der Waals surface area contributed by atoms with Gasteiger partial charge in [0.25, 0.3) is 5.91 Å². The smallest absolute Gasteiger partial charge is 0.337 e. The van der Waals surface area contributed by atoms with Gasteiger partial charge in [0.1, 0.15) is 0 Å². The zero-order valence-electron chi connectivity index (χ0n) is 20.3. The molecule has 1 atom stereocenters. The standard InChI is InChI=1S/C26H32N4O4/c1-15-10-20(11-15)28-25(31)18-8-6-17(7-9-18)24-21-14-23(34-5)22(33-4)13-19(21)12-16(2)30(29-24)26(32)27-3/h6-9,13-16,20H,10-12H2,1-5H3,(H,27,32)(H,28,31). The number of hydrogen-bond acceptors (Lipinski definition) is 5. The van der Waals surface area contributed by atoms with Gasteiger partial charge < -0.3 is 20.1 Å². The van der Waals surface area contributed by atoms with E-state index in [4.69, 9.17) is 14.6 Å². The van der Waals surface area contributed by atoms with Crippen molar-refractivity contribution in [2.75, 3.05) is 21.3 Å². The molecule has 34 heavy (non-hydrogen) atoms. The van der Waals surface area contributed by atoms with E-state index < -0.39 is 0 Å². The lowest BCUT2D eigenvalue weighted by molar-refractivity contribution is 0.0896. The van der Waals surface area contributed by atoms with Crippen molar-refractivity contribution in [1.29, 1.82) is 0 Å². The lowest BCUT2D eigenvalue weighted by atomic mass is 9.82. The summed E-state index contributed by atoms with van der Waals surface area (Å²) in [6, 6.07) is 11.0. The van der Waals surface area contributed by atoms with Crippen LogP contribution in [0.25, 0.3) is 0 Å². The quantitative estimate of drug-likeness (QED) is 0.708. The lowest BCUT2D eigenvalue weighted by Crippen LogP contribution is -2.43. The van der Waals surface area contributed by atoms with E-state index in [0.717, 1.165) is 29.5 Å². The molecule has 8 heteroatoms. The number of urea groups is 1. The fourth-order valence-corrected chi connectivity index (χ4v) is 4.62. The van der Waals surface area contributed by atoms with Crippen molar-refractivity contribution < 1.29 is 19.1 Å². The van der Waals surface area contributed by atoms with Gasteiger partial charge in [0.05, 0.1) is 26.0 Å². The van der Waals surface area contributed by atoms with Crippen LogP contribution >= 0.6 is 0 Å². The van der Waals surface area contributed by atoms with E-state index in [0.29, 0.717) is 35.1 Å². The first-order valence-corrected chi connectivity index (χ1v) is 11.6. The van der Waals surface area contributed by atoms with Crippen LogP contribution in [0.1, 0.15) is 53.7 Å². The Hall–Kier alpha value is -3.55. The number of nitrogens with one attached hydrogen (secondary N) is 2. The summed E-state index contributed by atoms with van der Waals surface area (Å²) in [6.07, 6.45) is 2.64. The first-order valence-electron chi connectivity index (χ1n) is 11.6. The highest BCUT2D eigenvalue weighted by Crippen LogP contribution is 2.34. The van der Waals surface area contributed by atoms with Crippen LogP contribution in [0.5, 0.6) is 11.5 Å². The number of rotatable bonds is 5. The summed E-state index contributed by atoms with van der Waals surface area (Å²) in [4.78, 5) is 25.3. The fraction of sp³-hybridized carbons (Fsp3) is 0.423. The maximum absolute atomic E-state index is 12.6. The van der Waals surface area contributed by atoms with Crippen molar-refractivity contribution in [3.05, 3.63) is 58.7 Å². The molecule has 8 nitrogen and oxygen atoms in total. The molecule has 0 spiro atoms. The molecular formula is C26H32N4O4. The Labute approximate surface area is 200 Å². The molecule has 1 aliphatic carbocycles. The normalized spacial score (nSPS) is 21.4. The third-order valence-electron chi connectivity index (χ3n) is 6.56. The van der Waals surface area contributed by atoms with Gasteiger partial charge in [0.15, 0.2) is 11.5 Å².